The van der Waals surface area contributed by atoms with E-state index in [9.17, 15) is 9.59 Å². The van der Waals surface area contributed by atoms with Crippen molar-refractivity contribution in [3.05, 3.63) is 17.7 Å². The van der Waals surface area contributed by atoms with Crippen molar-refractivity contribution in [2.24, 2.45) is 0 Å². The van der Waals surface area contributed by atoms with Gasteiger partial charge in [0.1, 0.15) is 11.8 Å². The highest BCUT2D eigenvalue weighted by Gasteiger charge is 2.16. The molecule has 2 N–H and O–H groups in total. The minimum absolute atomic E-state index is 0.242. The zero-order valence-corrected chi connectivity index (χ0v) is 13.5. The van der Waals surface area contributed by atoms with Gasteiger partial charge in [-0.25, -0.2) is 0 Å². The van der Waals surface area contributed by atoms with Crippen LogP contribution in [0.15, 0.2) is 12.1 Å². The minimum Gasteiger partial charge on any atom is -0.496 e. The molecule has 0 aliphatic heterocycles. The van der Waals surface area contributed by atoms with Crippen molar-refractivity contribution >= 4 is 11.8 Å². The maximum absolute atomic E-state index is 11.9. The second kappa shape index (κ2) is 8.11. The Hall–Kier alpha value is -2.44. The highest BCUT2D eigenvalue weighted by atomic mass is 16.5. The molecule has 2 amide bonds. The van der Waals surface area contributed by atoms with E-state index in [-0.39, 0.29) is 18.4 Å². The first-order valence-corrected chi connectivity index (χ1v) is 6.76. The van der Waals surface area contributed by atoms with E-state index < -0.39 is 6.04 Å². The number of amides is 2. The number of benzene rings is 1. The predicted octanol–water partition coefficient (Wildman–Crippen LogP) is 0.853. The second-order valence-corrected chi connectivity index (χ2v) is 4.66. The number of hydrogen-bond acceptors (Lipinski definition) is 5. The Morgan fingerprint density at radius 3 is 2.09 bits per heavy atom. The molecule has 0 radical (unpaired) electrons. The fourth-order valence-electron chi connectivity index (χ4n) is 1.94. The Labute approximate surface area is 129 Å². The molecule has 0 saturated heterocycles. The van der Waals surface area contributed by atoms with Gasteiger partial charge in [0.15, 0.2) is 11.5 Å². The maximum Gasteiger partial charge on any atom is 0.242 e. The monoisotopic (exact) mass is 310 g/mol. The van der Waals surface area contributed by atoms with Crippen LogP contribution in [0, 0.1) is 0 Å². The van der Waals surface area contributed by atoms with Crippen molar-refractivity contribution in [3.8, 4) is 17.2 Å². The van der Waals surface area contributed by atoms with Gasteiger partial charge in [0.05, 0.1) is 21.3 Å². The lowest BCUT2D eigenvalue weighted by atomic mass is 10.1. The Kier molecular flexibility index (Phi) is 6.49. The Bertz CT molecular complexity index is 545. The lowest BCUT2D eigenvalue weighted by Gasteiger charge is -2.16. The zero-order valence-electron chi connectivity index (χ0n) is 13.5. The number of hydrogen-bond donors (Lipinski definition) is 2. The molecule has 0 bridgehead atoms. The van der Waals surface area contributed by atoms with E-state index in [0.29, 0.717) is 17.2 Å². The summed E-state index contributed by atoms with van der Waals surface area (Å²) in [6.07, 6.45) is 0. The molecule has 0 fully saturated rings. The molecule has 1 rings (SSSR count). The molecule has 0 aliphatic carbocycles. The van der Waals surface area contributed by atoms with Crippen LogP contribution < -0.4 is 24.8 Å². The van der Waals surface area contributed by atoms with Crippen LogP contribution in [-0.2, 0) is 16.1 Å². The van der Waals surface area contributed by atoms with Gasteiger partial charge in [0.25, 0.3) is 0 Å². The highest BCUT2D eigenvalue weighted by Crippen LogP contribution is 2.34. The van der Waals surface area contributed by atoms with Crippen LogP contribution in [0.1, 0.15) is 19.4 Å². The van der Waals surface area contributed by atoms with Crippen LogP contribution in [0.2, 0.25) is 0 Å². The van der Waals surface area contributed by atoms with Crippen LogP contribution in [0.25, 0.3) is 0 Å². The SMILES string of the molecule is COc1cc(OC)c(OC)cc1CNC(=O)C(C)NC(C)=O. The van der Waals surface area contributed by atoms with Gasteiger partial charge in [-0.3, -0.25) is 9.59 Å². The van der Waals surface area contributed by atoms with Gasteiger partial charge in [-0.15, -0.1) is 0 Å². The van der Waals surface area contributed by atoms with Gasteiger partial charge in [0.2, 0.25) is 11.8 Å². The molecule has 0 aliphatic rings. The molecule has 122 valence electrons. The van der Waals surface area contributed by atoms with Crippen molar-refractivity contribution in [2.45, 2.75) is 26.4 Å². The quantitative estimate of drug-likeness (QED) is 0.780. The lowest BCUT2D eigenvalue weighted by molar-refractivity contribution is -0.127. The molecule has 22 heavy (non-hydrogen) atoms. The van der Waals surface area contributed by atoms with E-state index in [1.54, 1.807) is 19.1 Å². The summed E-state index contributed by atoms with van der Waals surface area (Å²) in [7, 11) is 4.60. The molecular formula is C15H22N2O5. The number of carbonyl (C=O) groups is 2. The van der Waals surface area contributed by atoms with Crippen molar-refractivity contribution < 1.29 is 23.8 Å². The summed E-state index contributed by atoms with van der Waals surface area (Å²) in [4.78, 5) is 22.9. The van der Waals surface area contributed by atoms with Crippen molar-refractivity contribution in [3.63, 3.8) is 0 Å². The first-order valence-electron chi connectivity index (χ1n) is 6.76. The third kappa shape index (κ3) is 4.54. The maximum atomic E-state index is 11.9. The topological polar surface area (TPSA) is 85.9 Å². The number of rotatable bonds is 7. The van der Waals surface area contributed by atoms with E-state index in [2.05, 4.69) is 10.6 Å². The Morgan fingerprint density at radius 1 is 1.05 bits per heavy atom. The Balaban J connectivity index is 2.84. The van der Waals surface area contributed by atoms with Crippen molar-refractivity contribution in [2.75, 3.05) is 21.3 Å². The molecule has 0 saturated carbocycles. The fourth-order valence-corrected chi connectivity index (χ4v) is 1.94. The smallest absolute Gasteiger partial charge is 0.242 e. The van der Waals surface area contributed by atoms with Crippen LogP contribution >= 0.6 is 0 Å². The summed E-state index contributed by atoms with van der Waals surface area (Å²) in [5.41, 5.74) is 0.739. The van der Waals surface area contributed by atoms with Crippen molar-refractivity contribution in [1.82, 2.24) is 10.6 Å². The van der Waals surface area contributed by atoms with Crippen LogP contribution in [-0.4, -0.2) is 39.2 Å². The summed E-state index contributed by atoms with van der Waals surface area (Å²) in [6.45, 7) is 3.22. The minimum atomic E-state index is -0.608. The van der Waals surface area contributed by atoms with E-state index in [0.717, 1.165) is 5.56 Å². The first-order chi connectivity index (χ1) is 10.4. The summed E-state index contributed by atoms with van der Waals surface area (Å²) in [5.74, 6) is 1.12. The van der Waals surface area contributed by atoms with Crippen LogP contribution in [0.4, 0.5) is 0 Å². The third-order valence-electron chi connectivity index (χ3n) is 3.05. The van der Waals surface area contributed by atoms with Gasteiger partial charge >= 0.3 is 0 Å². The highest BCUT2D eigenvalue weighted by molar-refractivity contribution is 5.86. The molecule has 1 aromatic carbocycles. The summed E-state index contributed by atoms with van der Waals surface area (Å²) >= 11 is 0. The molecular weight excluding hydrogens is 288 g/mol. The molecule has 1 unspecified atom stereocenters. The van der Waals surface area contributed by atoms with E-state index in [1.807, 2.05) is 0 Å². The van der Waals surface area contributed by atoms with Gasteiger partial charge in [-0.1, -0.05) is 0 Å². The summed E-state index contributed by atoms with van der Waals surface area (Å²) in [6, 6.07) is 2.82. The molecule has 7 heteroatoms. The van der Waals surface area contributed by atoms with Gasteiger partial charge in [-0.05, 0) is 13.0 Å². The molecule has 7 nitrogen and oxygen atoms in total. The summed E-state index contributed by atoms with van der Waals surface area (Å²) in [5, 5.41) is 5.26. The molecule has 1 aromatic rings. The second-order valence-electron chi connectivity index (χ2n) is 4.66. The number of ether oxygens (including phenoxy) is 3. The normalized spacial score (nSPS) is 11.3. The average molecular weight is 310 g/mol. The zero-order chi connectivity index (χ0) is 16.7. The average Bonchev–Trinajstić information content (AvgIpc) is 2.50. The standard InChI is InChI=1S/C15H22N2O5/c1-9(17-10(2)18)15(19)16-8-11-6-13(21-4)14(22-5)7-12(11)20-3/h6-7,9H,8H2,1-5H3,(H,16,19)(H,17,18). The van der Waals surface area contributed by atoms with E-state index in [1.165, 1.54) is 28.3 Å². The first kappa shape index (κ1) is 17.6. The van der Waals surface area contributed by atoms with Gasteiger partial charge in [-0.2, -0.15) is 0 Å². The predicted molar refractivity (Wildman–Crippen MR) is 81.2 cm³/mol. The van der Waals surface area contributed by atoms with E-state index >= 15 is 0 Å². The van der Waals surface area contributed by atoms with Gasteiger partial charge < -0.3 is 24.8 Å². The number of carbonyl (C=O) groups excluding carboxylic acids is 2. The summed E-state index contributed by atoms with van der Waals surface area (Å²) < 4.78 is 15.7. The van der Waals surface area contributed by atoms with Gasteiger partial charge in [0, 0.05) is 25.1 Å². The van der Waals surface area contributed by atoms with Crippen molar-refractivity contribution in [1.29, 1.82) is 0 Å². The molecule has 0 heterocycles. The fraction of sp³-hybridized carbons (Fsp3) is 0.467. The molecule has 0 aromatic heterocycles. The number of methoxy groups -OCH3 is 3. The third-order valence-corrected chi connectivity index (χ3v) is 3.05. The Morgan fingerprint density at radius 2 is 1.59 bits per heavy atom. The van der Waals surface area contributed by atoms with E-state index in [4.69, 9.17) is 14.2 Å². The molecule has 1 atom stereocenters. The van der Waals surface area contributed by atoms with Crippen LogP contribution in [0.5, 0.6) is 17.2 Å². The molecule has 0 spiro atoms. The largest absolute Gasteiger partial charge is 0.496 e. The number of nitrogens with one attached hydrogen (secondary N) is 2. The van der Waals surface area contributed by atoms with Crippen LogP contribution in [0.3, 0.4) is 0 Å². The lowest BCUT2D eigenvalue weighted by Crippen LogP contribution is -2.43.